The standard InChI is InChI=1S/C22H25N5O/c1-15-5-4-11-24-21(15)27-13-9-17(10-14-27)25-22(28)26-20-7-3-6-18-16(2)23-12-8-19(18)20/h3-8,11-12,17H,9-10,13-14H2,1-2H3,(H2,25,26,28). The molecule has 1 aliphatic rings. The quantitative estimate of drug-likeness (QED) is 0.725. The van der Waals surface area contributed by atoms with Crippen LogP contribution in [-0.4, -0.2) is 35.1 Å². The minimum absolute atomic E-state index is 0.158. The Labute approximate surface area is 165 Å². The Hall–Kier alpha value is -3.15. The van der Waals surface area contributed by atoms with Crippen molar-refractivity contribution in [2.45, 2.75) is 32.7 Å². The maximum Gasteiger partial charge on any atom is 0.319 e. The average Bonchev–Trinajstić information content (AvgIpc) is 2.70. The Kier molecular flexibility index (Phi) is 5.10. The highest BCUT2D eigenvalue weighted by molar-refractivity contribution is 6.02. The van der Waals surface area contributed by atoms with Gasteiger partial charge in [0.15, 0.2) is 0 Å². The van der Waals surface area contributed by atoms with Crippen LogP contribution in [0.2, 0.25) is 0 Å². The summed E-state index contributed by atoms with van der Waals surface area (Å²) < 4.78 is 0. The Bertz CT molecular complexity index is 995. The predicted octanol–water partition coefficient (Wildman–Crippen LogP) is 4.04. The molecule has 2 aromatic heterocycles. The number of aryl methyl sites for hydroxylation is 2. The van der Waals surface area contributed by atoms with Crippen molar-refractivity contribution in [3.05, 3.63) is 60.0 Å². The van der Waals surface area contributed by atoms with Gasteiger partial charge >= 0.3 is 6.03 Å². The van der Waals surface area contributed by atoms with E-state index in [0.717, 1.165) is 53.9 Å². The molecule has 0 spiro atoms. The monoisotopic (exact) mass is 375 g/mol. The number of benzene rings is 1. The van der Waals surface area contributed by atoms with Crippen LogP contribution < -0.4 is 15.5 Å². The van der Waals surface area contributed by atoms with Crippen molar-refractivity contribution in [3.8, 4) is 0 Å². The number of piperidine rings is 1. The minimum atomic E-state index is -0.158. The molecular weight excluding hydrogens is 350 g/mol. The van der Waals surface area contributed by atoms with Gasteiger partial charge in [-0.05, 0) is 50.5 Å². The molecule has 1 fully saturated rings. The molecule has 0 atom stereocenters. The van der Waals surface area contributed by atoms with E-state index in [4.69, 9.17) is 0 Å². The Morgan fingerprint density at radius 1 is 1.00 bits per heavy atom. The van der Waals surface area contributed by atoms with Gasteiger partial charge in [-0.2, -0.15) is 0 Å². The lowest BCUT2D eigenvalue weighted by Gasteiger charge is -2.33. The molecule has 0 unspecified atom stereocenters. The van der Waals surface area contributed by atoms with Gasteiger partial charge in [-0.25, -0.2) is 9.78 Å². The number of fused-ring (bicyclic) bond motifs is 1. The maximum absolute atomic E-state index is 12.6. The van der Waals surface area contributed by atoms with Crippen LogP contribution >= 0.6 is 0 Å². The van der Waals surface area contributed by atoms with Crippen molar-refractivity contribution in [1.29, 1.82) is 0 Å². The number of anilines is 2. The molecule has 1 aromatic carbocycles. The summed E-state index contributed by atoms with van der Waals surface area (Å²) in [5.41, 5.74) is 2.95. The van der Waals surface area contributed by atoms with E-state index in [9.17, 15) is 4.79 Å². The number of pyridine rings is 2. The number of hydrogen-bond acceptors (Lipinski definition) is 4. The highest BCUT2D eigenvalue weighted by atomic mass is 16.2. The number of nitrogens with one attached hydrogen (secondary N) is 2. The smallest absolute Gasteiger partial charge is 0.319 e. The van der Waals surface area contributed by atoms with E-state index in [1.807, 2.05) is 43.5 Å². The normalized spacial score (nSPS) is 14.9. The zero-order valence-electron chi connectivity index (χ0n) is 16.3. The number of carbonyl (C=O) groups is 1. The molecule has 0 bridgehead atoms. The molecular formula is C22H25N5O. The number of carbonyl (C=O) groups excluding carboxylic acids is 1. The van der Waals surface area contributed by atoms with Crippen LogP contribution in [0.4, 0.5) is 16.3 Å². The van der Waals surface area contributed by atoms with Crippen molar-refractivity contribution in [2.75, 3.05) is 23.3 Å². The van der Waals surface area contributed by atoms with E-state index in [2.05, 4.69) is 38.5 Å². The summed E-state index contributed by atoms with van der Waals surface area (Å²) in [7, 11) is 0. The van der Waals surface area contributed by atoms with Crippen molar-refractivity contribution in [1.82, 2.24) is 15.3 Å². The van der Waals surface area contributed by atoms with Crippen LogP contribution in [0.5, 0.6) is 0 Å². The minimum Gasteiger partial charge on any atom is -0.356 e. The first-order valence-corrected chi connectivity index (χ1v) is 9.70. The maximum atomic E-state index is 12.6. The molecule has 2 amide bonds. The molecule has 6 heteroatoms. The molecule has 0 radical (unpaired) electrons. The zero-order chi connectivity index (χ0) is 19.5. The van der Waals surface area contributed by atoms with Gasteiger partial charge in [0.25, 0.3) is 0 Å². The average molecular weight is 375 g/mol. The van der Waals surface area contributed by atoms with Crippen LogP contribution in [0.25, 0.3) is 10.8 Å². The number of nitrogens with zero attached hydrogens (tertiary/aromatic N) is 3. The van der Waals surface area contributed by atoms with Gasteiger partial charge in [0.05, 0.1) is 5.69 Å². The van der Waals surface area contributed by atoms with E-state index in [1.54, 1.807) is 6.20 Å². The first-order valence-electron chi connectivity index (χ1n) is 9.70. The largest absolute Gasteiger partial charge is 0.356 e. The van der Waals surface area contributed by atoms with Crippen molar-refractivity contribution < 1.29 is 4.79 Å². The third kappa shape index (κ3) is 3.76. The second-order valence-corrected chi connectivity index (χ2v) is 7.30. The van der Waals surface area contributed by atoms with Crippen LogP contribution in [0.1, 0.15) is 24.1 Å². The summed E-state index contributed by atoms with van der Waals surface area (Å²) in [5, 5.41) is 8.19. The summed E-state index contributed by atoms with van der Waals surface area (Å²) in [6, 6.07) is 11.9. The summed E-state index contributed by atoms with van der Waals surface area (Å²) >= 11 is 0. The number of rotatable bonds is 3. The molecule has 1 saturated heterocycles. The lowest BCUT2D eigenvalue weighted by molar-refractivity contribution is 0.246. The van der Waals surface area contributed by atoms with Gasteiger partial charge in [0, 0.05) is 48.0 Å². The van der Waals surface area contributed by atoms with Crippen molar-refractivity contribution in [3.63, 3.8) is 0 Å². The third-order valence-corrected chi connectivity index (χ3v) is 5.37. The van der Waals surface area contributed by atoms with Crippen molar-refractivity contribution in [2.24, 2.45) is 0 Å². The molecule has 144 valence electrons. The number of hydrogen-bond donors (Lipinski definition) is 2. The third-order valence-electron chi connectivity index (χ3n) is 5.37. The SMILES string of the molecule is Cc1cccnc1N1CCC(NC(=O)Nc2cccc3c(C)nccc23)CC1. The topological polar surface area (TPSA) is 70.2 Å². The van der Waals surface area contributed by atoms with Crippen LogP contribution in [0, 0.1) is 13.8 Å². The van der Waals surface area contributed by atoms with E-state index < -0.39 is 0 Å². The first kappa shape index (κ1) is 18.2. The van der Waals surface area contributed by atoms with Crippen LogP contribution in [-0.2, 0) is 0 Å². The molecule has 6 nitrogen and oxygen atoms in total. The zero-order valence-corrected chi connectivity index (χ0v) is 16.3. The molecule has 0 saturated carbocycles. The highest BCUT2D eigenvalue weighted by Gasteiger charge is 2.22. The van der Waals surface area contributed by atoms with E-state index >= 15 is 0 Å². The van der Waals surface area contributed by atoms with Crippen molar-refractivity contribution >= 4 is 28.3 Å². The summed E-state index contributed by atoms with van der Waals surface area (Å²) in [6.45, 7) is 5.84. The fourth-order valence-corrected chi connectivity index (χ4v) is 3.85. The van der Waals surface area contributed by atoms with Gasteiger partial charge < -0.3 is 15.5 Å². The molecule has 2 N–H and O–H groups in total. The summed E-state index contributed by atoms with van der Waals surface area (Å²) in [6.07, 6.45) is 5.42. The Balaban J connectivity index is 1.37. The van der Waals surface area contributed by atoms with E-state index in [1.165, 1.54) is 5.56 Å². The van der Waals surface area contributed by atoms with E-state index in [-0.39, 0.29) is 12.1 Å². The van der Waals surface area contributed by atoms with Gasteiger partial charge in [-0.15, -0.1) is 0 Å². The first-order chi connectivity index (χ1) is 13.6. The Morgan fingerprint density at radius 3 is 2.61 bits per heavy atom. The van der Waals surface area contributed by atoms with Gasteiger partial charge in [-0.3, -0.25) is 4.98 Å². The summed E-state index contributed by atoms with van der Waals surface area (Å²) in [5.74, 6) is 1.05. The Morgan fingerprint density at radius 2 is 1.82 bits per heavy atom. The molecule has 28 heavy (non-hydrogen) atoms. The second kappa shape index (κ2) is 7.84. The lowest BCUT2D eigenvalue weighted by Crippen LogP contribution is -2.46. The van der Waals surface area contributed by atoms with Gasteiger partial charge in [0.2, 0.25) is 0 Å². The fraction of sp³-hybridized carbons (Fsp3) is 0.318. The molecule has 0 aliphatic carbocycles. The van der Waals surface area contributed by atoms with Gasteiger partial charge in [-0.1, -0.05) is 18.2 Å². The van der Waals surface area contributed by atoms with Gasteiger partial charge in [0.1, 0.15) is 5.82 Å². The van der Waals surface area contributed by atoms with Crippen LogP contribution in [0.3, 0.4) is 0 Å². The predicted molar refractivity (Wildman–Crippen MR) is 113 cm³/mol. The molecule has 3 aromatic rings. The van der Waals surface area contributed by atoms with E-state index in [0.29, 0.717) is 0 Å². The highest BCUT2D eigenvalue weighted by Crippen LogP contribution is 2.25. The fourth-order valence-electron chi connectivity index (χ4n) is 3.85. The van der Waals surface area contributed by atoms with Crippen LogP contribution in [0.15, 0.2) is 48.8 Å². The number of urea groups is 1. The molecule has 3 heterocycles. The summed E-state index contributed by atoms with van der Waals surface area (Å²) in [4.78, 5) is 23.7. The lowest BCUT2D eigenvalue weighted by atomic mass is 10.0. The molecule has 4 rings (SSSR count). The second-order valence-electron chi connectivity index (χ2n) is 7.30. The number of amides is 2. The number of aromatic nitrogens is 2. The molecule has 1 aliphatic heterocycles.